The van der Waals surface area contributed by atoms with Crippen molar-refractivity contribution < 1.29 is 30.0 Å². The Morgan fingerprint density at radius 3 is 2.15 bits per heavy atom. The Labute approximate surface area is 159 Å². The minimum atomic E-state index is -1.02. The molecule has 2 rings (SSSR count). The smallest absolute Gasteiger partial charge is 0.303 e. The summed E-state index contributed by atoms with van der Waals surface area (Å²) in [4.78, 5) is 24.2. The summed E-state index contributed by atoms with van der Waals surface area (Å²) in [7, 11) is 0. The van der Waals surface area contributed by atoms with Gasteiger partial charge in [-0.15, -0.1) is 0 Å². The number of aromatic hydroxyl groups is 3. The van der Waals surface area contributed by atoms with Crippen LogP contribution in [-0.4, -0.2) is 32.2 Å². The van der Waals surface area contributed by atoms with E-state index in [1.54, 1.807) is 27.7 Å². The van der Waals surface area contributed by atoms with E-state index in [-0.39, 0.29) is 53.4 Å². The number of allylic oxidation sites excluding steroid dienone is 1. The summed E-state index contributed by atoms with van der Waals surface area (Å²) in [5.74, 6) is -2.98. The molecule has 0 heterocycles. The van der Waals surface area contributed by atoms with Crippen LogP contribution in [0.1, 0.15) is 81.3 Å². The van der Waals surface area contributed by atoms with Crippen molar-refractivity contribution in [3.05, 3.63) is 28.8 Å². The minimum Gasteiger partial charge on any atom is -0.507 e. The minimum absolute atomic E-state index is 0.0272. The lowest BCUT2D eigenvalue weighted by atomic mass is 9.51. The van der Waals surface area contributed by atoms with Gasteiger partial charge >= 0.3 is 5.97 Å². The van der Waals surface area contributed by atoms with E-state index >= 15 is 0 Å². The standard InChI is InChI=1S/C21H28O6/c1-10(2)14-17(25)15-12(22)9-21(6,11(3)4)20(5,8-7-13(23)24)16(15)19(27)18(14)26/h10,25-27H,3,7-9H2,1-2,4-6H3,(H,23,24)/t20-,21+/m1/s1. The highest BCUT2D eigenvalue weighted by Gasteiger charge is 2.55. The predicted octanol–water partition coefficient (Wildman–Crippen LogP) is 4.22. The van der Waals surface area contributed by atoms with E-state index in [0.29, 0.717) is 5.57 Å². The third-order valence-electron chi connectivity index (χ3n) is 6.38. The molecule has 1 aliphatic rings. The Kier molecular flexibility index (Phi) is 5.08. The first-order valence-electron chi connectivity index (χ1n) is 9.01. The van der Waals surface area contributed by atoms with Gasteiger partial charge in [-0.05, 0) is 19.3 Å². The van der Waals surface area contributed by atoms with E-state index < -0.39 is 28.3 Å². The van der Waals surface area contributed by atoms with Crippen molar-refractivity contribution in [2.75, 3.05) is 0 Å². The molecule has 0 spiro atoms. The van der Waals surface area contributed by atoms with Crippen LogP contribution in [0.3, 0.4) is 0 Å². The molecule has 0 saturated carbocycles. The number of aliphatic carboxylic acids is 1. The maximum absolute atomic E-state index is 13.0. The number of Topliss-reactive ketones (excluding diaryl/α,β-unsaturated/α-hetero) is 1. The molecule has 1 aromatic rings. The summed E-state index contributed by atoms with van der Waals surface area (Å²) in [5, 5.41) is 41.4. The van der Waals surface area contributed by atoms with Gasteiger partial charge in [-0.2, -0.15) is 0 Å². The van der Waals surface area contributed by atoms with Crippen molar-refractivity contribution in [3.63, 3.8) is 0 Å². The molecule has 0 amide bonds. The van der Waals surface area contributed by atoms with Crippen LogP contribution in [0, 0.1) is 5.41 Å². The highest BCUT2D eigenvalue weighted by Crippen LogP contribution is 2.62. The van der Waals surface area contributed by atoms with E-state index in [2.05, 4.69) is 6.58 Å². The lowest BCUT2D eigenvalue weighted by Crippen LogP contribution is -2.48. The van der Waals surface area contributed by atoms with E-state index in [0.717, 1.165) is 0 Å². The van der Waals surface area contributed by atoms with Gasteiger partial charge in [0, 0.05) is 34.8 Å². The summed E-state index contributed by atoms with van der Waals surface area (Å²) in [6.07, 6.45) is -0.0555. The van der Waals surface area contributed by atoms with Crippen LogP contribution in [0.5, 0.6) is 17.2 Å². The molecule has 1 aromatic carbocycles. The molecule has 0 fully saturated rings. The summed E-state index contributed by atoms with van der Waals surface area (Å²) in [5.41, 5.74) is -1.01. The number of carboxylic acid groups (broad SMARTS) is 1. The number of phenols is 3. The molecule has 6 nitrogen and oxygen atoms in total. The van der Waals surface area contributed by atoms with Crippen molar-refractivity contribution in [1.82, 2.24) is 0 Å². The second-order valence-corrected chi connectivity index (χ2v) is 8.30. The van der Waals surface area contributed by atoms with Gasteiger partial charge in [-0.25, -0.2) is 0 Å². The third-order valence-corrected chi connectivity index (χ3v) is 6.38. The molecule has 27 heavy (non-hydrogen) atoms. The first-order valence-corrected chi connectivity index (χ1v) is 9.01. The number of hydrogen-bond acceptors (Lipinski definition) is 5. The fraction of sp³-hybridized carbons (Fsp3) is 0.524. The first kappa shape index (κ1) is 20.8. The zero-order valence-corrected chi connectivity index (χ0v) is 16.5. The number of carbonyl (C=O) groups is 2. The molecule has 0 radical (unpaired) electrons. The van der Waals surface area contributed by atoms with Crippen LogP contribution in [-0.2, 0) is 10.2 Å². The molecular weight excluding hydrogens is 348 g/mol. The quantitative estimate of drug-likeness (QED) is 0.347. The number of hydrogen-bond donors (Lipinski definition) is 4. The van der Waals surface area contributed by atoms with Gasteiger partial charge in [0.15, 0.2) is 17.3 Å². The number of phenolic OH excluding ortho intramolecular Hbond substituents is 3. The largest absolute Gasteiger partial charge is 0.507 e. The fourth-order valence-corrected chi connectivity index (χ4v) is 4.35. The molecule has 148 valence electrons. The van der Waals surface area contributed by atoms with Crippen LogP contribution in [0.25, 0.3) is 0 Å². The molecule has 0 aliphatic heterocycles. The SMILES string of the molecule is C=C(C)[C@]1(C)CC(=O)c2c(O)c(C(C)C)c(O)c(O)c2[C@@]1(C)CCC(=O)O. The monoisotopic (exact) mass is 376 g/mol. The van der Waals surface area contributed by atoms with Crippen LogP contribution in [0.4, 0.5) is 0 Å². The topological polar surface area (TPSA) is 115 Å². The Hall–Kier alpha value is -2.50. The van der Waals surface area contributed by atoms with Crippen molar-refractivity contribution in [2.45, 2.75) is 65.2 Å². The lowest BCUT2D eigenvalue weighted by Gasteiger charge is -2.51. The molecule has 1 aliphatic carbocycles. The number of benzene rings is 1. The molecular formula is C21H28O6. The Balaban J connectivity index is 2.95. The normalized spacial score (nSPS) is 24.7. The second kappa shape index (κ2) is 6.59. The summed E-state index contributed by atoms with van der Waals surface area (Å²) in [6, 6.07) is 0. The Morgan fingerprint density at radius 2 is 1.70 bits per heavy atom. The van der Waals surface area contributed by atoms with Crippen LogP contribution in [0.2, 0.25) is 0 Å². The first-order chi connectivity index (χ1) is 12.3. The van der Waals surface area contributed by atoms with E-state index in [1.165, 1.54) is 0 Å². The number of carboxylic acids is 1. The van der Waals surface area contributed by atoms with E-state index in [9.17, 15) is 30.0 Å². The zero-order valence-electron chi connectivity index (χ0n) is 16.5. The summed E-state index contributed by atoms with van der Waals surface area (Å²) < 4.78 is 0. The van der Waals surface area contributed by atoms with E-state index in [4.69, 9.17) is 0 Å². The number of carbonyl (C=O) groups excluding carboxylic acids is 1. The number of fused-ring (bicyclic) bond motifs is 1. The van der Waals surface area contributed by atoms with Gasteiger partial charge in [-0.3, -0.25) is 9.59 Å². The lowest BCUT2D eigenvalue weighted by molar-refractivity contribution is -0.137. The van der Waals surface area contributed by atoms with Gasteiger partial charge in [0.1, 0.15) is 5.75 Å². The van der Waals surface area contributed by atoms with Gasteiger partial charge in [0.2, 0.25) is 0 Å². The molecule has 2 atom stereocenters. The summed E-state index contributed by atoms with van der Waals surface area (Å²) in [6.45, 7) is 12.8. The molecule has 0 unspecified atom stereocenters. The second-order valence-electron chi connectivity index (χ2n) is 8.30. The van der Waals surface area contributed by atoms with Crippen LogP contribution < -0.4 is 0 Å². The molecule has 0 bridgehead atoms. The third kappa shape index (κ3) is 2.87. The van der Waals surface area contributed by atoms with Gasteiger partial charge < -0.3 is 20.4 Å². The van der Waals surface area contributed by atoms with Crippen LogP contribution in [0.15, 0.2) is 12.2 Å². The highest BCUT2D eigenvalue weighted by molar-refractivity contribution is 6.04. The fourth-order valence-electron chi connectivity index (χ4n) is 4.35. The maximum atomic E-state index is 13.0. The summed E-state index contributed by atoms with van der Waals surface area (Å²) >= 11 is 0. The van der Waals surface area contributed by atoms with Crippen LogP contribution >= 0.6 is 0 Å². The molecule has 4 N–H and O–H groups in total. The van der Waals surface area contributed by atoms with Gasteiger partial charge in [0.05, 0.1) is 5.56 Å². The molecule has 0 aromatic heterocycles. The van der Waals surface area contributed by atoms with Gasteiger partial charge in [-0.1, -0.05) is 39.8 Å². The highest BCUT2D eigenvalue weighted by atomic mass is 16.4. The number of ketones is 1. The van der Waals surface area contributed by atoms with Crippen molar-refractivity contribution in [1.29, 1.82) is 0 Å². The average Bonchev–Trinajstić information content (AvgIpc) is 2.53. The van der Waals surface area contributed by atoms with Gasteiger partial charge in [0.25, 0.3) is 0 Å². The van der Waals surface area contributed by atoms with Crippen molar-refractivity contribution in [2.24, 2.45) is 5.41 Å². The maximum Gasteiger partial charge on any atom is 0.303 e. The predicted molar refractivity (Wildman–Crippen MR) is 102 cm³/mol. The molecule has 6 heteroatoms. The molecule has 0 saturated heterocycles. The van der Waals surface area contributed by atoms with Crippen molar-refractivity contribution >= 4 is 11.8 Å². The van der Waals surface area contributed by atoms with Crippen molar-refractivity contribution in [3.8, 4) is 17.2 Å². The Morgan fingerprint density at radius 1 is 1.15 bits per heavy atom. The number of rotatable bonds is 5. The average molecular weight is 376 g/mol. The zero-order chi connectivity index (χ0) is 20.9. The van der Waals surface area contributed by atoms with E-state index in [1.807, 2.05) is 6.92 Å². The Bertz CT molecular complexity index is 838.